The fourth-order valence-corrected chi connectivity index (χ4v) is 0.460. The second-order valence-corrected chi connectivity index (χ2v) is 2.62. The molecule has 2 nitrogen and oxygen atoms in total. The maximum atomic E-state index is 9.96. The molecule has 0 heterocycles. The van der Waals surface area contributed by atoms with Crippen LogP contribution in [0.3, 0.4) is 0 Å². The van der Waals surface area contributed by atoms with E-state index in [9.17, 15) is 4.79 Å². The van der Waals surface area contributed by atoms with E-state index < -0.39 is 0 Å². The van der Waals surface area contributed by atoms with Crippen molar-refractivity contribution in [2.45, 2.75) is 20.3 Å². The van der Waals surface area contributed by atoms with Crippen molar-refractivity contribution in [2.24, 2.45) is 5.92 Å². The normalized spacial score (nSPS) is 9.50. The first kappa shape index (κ1) is 9.21. The third kappa shape index (κ3) is 5.35. The summed E-state index contributed by atoms with van der Waals surface area (Å²) in [4.78, 5) is 9.96. The molecule has 0 rings (SSSR count). The zero-order valence-corrected chi connectivity index (χ0v) is 6.59. The van der Waals surface area contributed by atoms with E-state index >= 15 is 0 Å². The molecule has 0 aromatic heterocycles. The largest absolute Gasteiger partial charge is 0.491 e. The second-order valence-electron chi connectivity index (χ2n) is 2.62. The number of allylic oxidation sites excluding steroid dienone is 1. The minimum absolute atomic E-state index is 0.223. The molecule has 0 aliphatic heterocycles. The Morgan fingerprint density at radius 3 is 2.70 bits per heavy atom. The molecule has 0 aromatic carbocycles. The Balaban J connectivity index is 3.19. The van der Waals surface area contributed by atoms with Gasteiger partial charge in [-0.15, -0.1) is 0 Å². The summed E-state index contributed by atoms with van der Waals surface area (Å²) >= 11 is 0. The van der Waals surface area contributed by atoms with Gasteiger partial charge in [-0.1, -0.05) is 20.4 Å². The minimum Gasteiger partial charge on any atom is -0.491 e. The van der Waals surface area contributed by atoms with Gasteiger partial charge in [0.15, 0.2) is 12.0 Å². The Hall–Kier alpha value is -0.790. The molecular weight excluding hydrogens is 128 g/mol. The molecule has 0 saturated heterocycles. The Bertz CT molecular complexity index is 116. The Morgan fingerprint density at radius 2 is 2.30 bits per heavy atom. The molecule has 10 heavy (non-hydrogen) atoms. The molecule has 0 fully saturated rings. The van der Waals surface area contributed by atoms with Crippen LogP contribution in [0, 0.1) is 5.92 Å². The fourth-order valence-electron chi connectivity index (χ4n) is 0.460. The molecule has 0 radical (unpaired) electrons. The van der Waals surface area contributed by atoms with E-state index in [0.717, 1.165) is 6.42 Å². The predicted molar refractivity (Wildman–Crippen MR) is 40.6 cm³/mol. The van der Waals surface area contributed by atoms with Crippen molar-refractivity contribution < 1.29 is 9.53 Å². The summed E-state index contributed by atoms with van der Waals surface area (Å²) in [7, 11) is 0. The lowest BCUT2D eigenvalue weighted by molar-refractivity contribution is -0.107. The van der Waals surface area contributed by atoms with Gasteiger partial charge < -0.3 is 4.74 Å². The number of carbonyl (C=O) groups is 1. The summed E-state index contributed by atoms with van der Waals surface area (Å²) in [5.74, 6) is 0.833. The third-order valence-electron chi connectivity index (χ3n) is 1.11. The fraction of sp³-hybridized carbons (Fsp3) is 0.625. The van der Waals surface area contributed by atoms with Crippen molar-refractivity contribution in [3.63, 3.8) is 0 Å². The smallest absolute Gasteiger partial charge is 0.184 e. The van der Waals surface area contributed by atoms with Crippen LogP contribution in [0.5, 0.6) is 0 Å². The van der Waals surface area contributed by atoms with Crippen molar-refractivity contribution in [3.05, 3.63) is 12.3 Å². The topological polar surface area (TPSA) is 26.3 Å². The highest BCUT2D eigenvalue weighted by Crippen LogP contribution is 2.00. The Morgan fingerprint density at radius 1 is 1.70 bits per heavy atom. The predicted octanol–water partition coefficient (Wildman–Crippen LogP) is 1.76. The molecule has 0 aromatic rings. The number of hydrogen-bond donors (Lipinski definition) is 0. The lowest BCUT2D eigenvalue weighted by atomic mass is 10.1. The van der Waals surface area contributed by atoms with Gasteiger partial charge in [-0.3, -0.25) is 4.79 Å². The molecule has 0 amide bonds. The van der Waals surface area contributed by atoms with Gasteiger partial charge in [-0.2, -0.15) is 0 Å². The van der Waals surface area contributed by atoms with E-state index in [1.54, 1.807) is 0 Å². The SMILES string of the molecule is C=C(C=O)OCCC(C)C. The molecule has 0 bridgehead atoms. The standard InChI is InChI=1S/C8H14O2/c1-7(2)4-5-10-8(3)6-9/h6-7H,3-5H2,1-2H3. The summed E-state index contributed by atoms with van der Waals surface area (Å²) in [5, 5.41) is 0. The Kier molecular flexibility index (Phi) is 4.63. The van der Waals surface area contributed by atoms with Crippen molar-refractivity contribution >= 4 is 6.29 Å². The van der Waals surface area contributed by atoms with Crippen LogP contribution in [-0.2, 0) is 9.53 Å². The number of rotatable bonds is 5. The number of aldehydes is 1. The van der Waals surface area contributed by atoms with Crippen LogP contribution in [0.15, 0.2) is 12.3 Å². The van der Waals surface area contributed by atoms with Crippen LogP contribution in [-0.4, -0.2) is 12.9 Å². The quantitative estimate of drug-likeness (QED) is 0.332. The number of carbonyl (C=O) groups excluding carboxylic acids is 1. The van der Waals surface area contributed by atoms with Crippen molar-refractivity contribution in [2.75, 3.05) is 6.61 Å². The average Bonchev–Trinajstić information content (AvgIpc) is 1.87. The number of hydrogen-bond acceptors (Lipinski definition) is 2. The first-order valence-electron chi connectivity index (χ1n) is 3.43. The summed E-state index contributed by atoms with van der Waals surface area (Å²) in [6.07, 6.45) is 1.59. The van der Waals surface area contributed by atoms with E-state index in [2.05, 4.69) is 20.4 Å². The van der Waals surface area contributed by atoms with Crippen molar-refractivity contribution in [1.82, 2.24) is 0 Å². The molecular formula is C8H14O2. The van der Waals surface area contributed by atoms with Gasteiger partial charge in [0.2, 0.25) is 0 Å². The molecule has 0 saturated carbocycles. The molecule has 0 spiro atoms. The van der Waals surface area contributed by atoms with Gasteiger partial charge in [0.1, 0.15) is 0 Å². The molecule has 0 aliphatic rings. The third-order valence-corrected chi connectivity index (χ3v) is 1.11. The molecule has 2 heteroatoms. The maximum Gasteiger partial charge on any atom is 0.184 e. The zero-order chi connectivity index (χ0) is 7.98. The van der Waals surface area contributed by atoms with Crippen LogP contribution < -0.4 is 0 Å². The zero-order valence-electron chi connectivity index (χ0n) is 6.59. The summed E-state index contributed by atoms with van der Waals surface area (Å²) in [6, 6.07) is 0. The van der Waals surface area contributed by atoms with Crippen molar-refractivity contribution in [1.29, 1.82) is 0 Å². The van der Waals surface area contributed by atoms with Crippen LogP contribution in [0.25, 0.3) is 0 Å². The van der Waals surface area contributed by atoms with E-state index in [1.807, 2.05) is 0 Å². The van der Waals surface area contributed by atoms with E-state index in [4.69, 9.17) is 4.74 Å². The van der Waals surface area contributed by atoms with Crippen LogP contribution >= 0.6 is 0 Å². The molecule has 0 N–H and O–H groups in total. The minimum atomic E-state index is 0.223. The molecule has 0 atom stereocenters. The van der Waals surface area contributed by atoms with Gasteiger partial charge in [0.05, 0.1) is 6.61 Å². The molecule has 58 valence electrons. The van der Waals surface area contributed by atoms with E-state index in [-0.39, 0.29) is 5.76 Å². The van der Waals surface area contributed by atoms with Gasteiger partial charge in [0.25, 0.3) is 0 Å². The monoisotopic (exact) mass is 142 g/mol. The highest BCUT2D eigenvalue weighted by Gasteiger charge is 1.94. The first-order chi connectivity index (χ1) is 4.66. The van der Waals surface area contributed by atoms with Crippen LogP contribution in [0.1, 0.15) is 20.3 Å². The second kappa shape index (κ2) is 5.03. The summed E-state index contributed by atoms with van der Waals surface area (Å²) in [6.45, 7) is 8.18. The lowest BCUT2D eigenvalue weighted by Crippen LogP contribution is -1.98. The molecule has 0 aliphatic carbocycles. The van der Waals surface area contributed by atoms with Crippen LogP contribution in [0.4, 0.5) is 0 Å². The molecule has 0 unspecified atom stereocenters. The summed E-state index contributed by atoms with van der Waals surface area (Å²) in [5.41, 5.74) is 0. The average molecular weight is 142 g/mol. The van der Waals surface area contributed by atoms with E-state index in [0.29, 0.717) is 18.8 Å². The number of ether oxygens (including phenoxy) is 1. The maximum absolute atomic E-state index is 9.96. The summed E-state index contributed by atoms with van der Waals surface area (Å²) < 4.78 is 4.94. The van der Waals surface area contributed by atoms with Gasteiger partial charge in [-0.05, 0) is 12.3 Å². The van der Waals surface area contributed by atoms with Gasteiger partial charge >= 0.3 is 0 Å². The highest BCUT2D eigenvalue weighted by atomic mass is 16.5. The Labute approximate surface area is 61.9 Å². The first-order valence-corrected chi connectivity index (χ1v) is 3.43. The van der Waals surface area contributed by atoms with Gasteiger partial charge in [-0.25, -0.2) is 0 Å². The lowest BCUT2D eigenvalue weighted by Gasteiger charge is -2.05. The van der Waals surface area contributed by atoms with Gasteiger partial charge in [0, 0.05) is 0 Å². The highest BCUT2D eigenvalue weighted by molar-refractivity contribution is 5.68. The van der Waals surface area contributed by atoms with Crippen molar-refractivity contribution in [3.8, 4) is 0 Å². The van der Waals surface area contributed by atoms with Crippen LogP contribution in [0.2, 0.25) is 0 Å². The van der Waals surface area contributed by atoms with E-state index in [1.165, 1.54) is 0 Å².